The second-order valence-electron chi connectivity index (χ2n) is 7.52. The minimum absolute atomic E-state index is 0.0743. The number of carbonyl (C=O) groups excluding carboxylic acids is 1. The Morgan fingerprint density at radius 1 is 1.16 bits per heavy atom. The van der Waals surface area contributed by atoms with Crippen molar-refractivity contribution in [1.29, 1.82) is 0 Å². The Bertz CT molecular complexity index is 1200. The number of hydrogen-bond donors (Lipinski definition) is 2. The van der Waals surface area contributed by atoms with Crippen molar-refractivity contribution in [2.24, 2.45) is 5.92 Å². The van der Waals surface area contributed by atoms with Gasteiger partial charge in [-0.2, -0.15) is 0 Å². The number of nitrogens with zero attached hydrogens (tertiary/aromatic N) is 1. The largest absolute Gasteiger partial charge is 0.497 e. The highest BCUT2D eigenvalue weighted by molar-refractivity contribution is 7.92. The van der Waals surface area contributed by atoms with E-state index in [2.05, 4.69) is 21.9 Å². The Kier molecular flexibility index (Phi) is 5.97. The molecule has 0 aliphatic heterocycles. The number of nitrogens with one attached hydrogen (secondary N) is 2. The van der Waals surface area contributed by atoms with Crippen molar-refractivity contribution in [1.82, 2.24) is 4.98 Å². The molecule has 7 nitrogen and oxygen atoms in total. The molecule has 2 aromatic carbocycles. The molecule has 1 aromatic heterocycles. The lowest BCUT2D eigenvalue weighted by Crippen LogP contribution is -2.18. The third-order valence-corrected chi connectivity index (χ3v) is 7.61. The van der Waals surface area contributed by atoms with E-state index in [1.807, 2.05) is 0 Å². The fraction of sp³-hybridized carbons (Fsp3) is 0.273. The number of sulfonamides is 1. The van der Waals surface area contributed by atoms with Crippen LogP contribution < -0.4 is 14.8 Å². The van der Waals surface area contributed by atoms with Crippen molar-refractivity contribution in [3.8, 4) is 5.75 Å². The normalized spacial score (nSPS) is 15.7. The van der Waals surface area contributed by atoms with E-state index in [4.69, 9.17) is 4.74 Å². The Morgan fingerprint density at radius 3 is 2.65 bits per heavy atom. The van der Waals surface area contributed by atoms with E-state index in [0.29, 0.717) is 16.8 Å². The van der Waals surface area contributed by atoms with E-state index in [-0.39, 0.29) is 16.1 Å². The van der Waals surface area contributed by atoms with E-state index in [1.54, 1.807) is 36.4 Å². The molecule has 3 aromatic rings. The van der Waals surface area contributed by atoms with Crippen molar-refractivity contribution in [3.05, 3.63) is 64.7 Å². The first-order valence-corrected chi connectivity index (χ1v) is 12.2. The van der Waals surface area contributed by atoms with Crippen LogP contribution in [0.4, 0.5) is 10.8 Å². The molecular formula is C22H23N3O4S2. The minimum atomic E-state index is -3.87. The number of carbonyl (C=O) groups is 1. The third kappa shape index (κ3) is 4.72. The molecule has 31 heavy (non-hydrogen) atoms. The van der Waals surface area contributed by atoms with E-state index >= 15 is 0 Å². The first kappa shape index (κ1) is 21.3. The topological polar surface area (TPSA) is 97.4 Å². The SMILES string of the molecule is COc1ccc(S(=O)(=O)Nc2ccccc2C(=O)Nc2nc3c(s2)CC(C)CC3)cc1. The maximum Gasteiger partial charge on any atom is 0.261 e. The average Bonchev–Trinajstić information content (AvgIpc) is 3.15. The number of thiazole rings is 1. The van der Waals surface area contributed by atoms with Gasteiger partial charge in [-0.15, -0.1) is 11.3 Å². The van der Waals surface area contributed by atoms with Crippen LogP contribution in [0.25, 0.3) is 0 Å². The molecule has 1 aliphatic rings. The lowest BCUT2D eigenvalue weighted by atomic mass is 9.93. The molecule has 162 valence electrons. The molecular weight excluding hydrogens is 434 g/mol. The number of benzene rings is 2. The predicted molar refractivity (Wildman–Crippen MR) is 122 cm³/mol. The molecule has 0 fully saturated rings. The van der Waals surface area contributed by atoms with E-state index < -0.39 is 15.9 Å². The van der Waals surface area contributed by atoms with Crippen LogP contribution in [0.5, 0.6) is 5.75 Å². The lowest BCUT2D eigenvalue weighted by molar-refractivity contribution is 0.102. The number of amides is 1. The summed E-state index contributed by atoms with van der Waals surface area (Å²) in [5.41, 5.74) is 1.47. The number of fused-ring (bicyclic) bond motifs is 1. The first-order valence-electron chi connectivity index (χ1n) is 9.91. The summed E-state index contributed by atoms with van der Waals surface area (Å²) < 4.78 is 33.2. The van der Waals surface area contributed by atoms with Gasteiger partial charge in [-0.3, -0.25) is 14.8 Å². The van der Waals surface area contributed by atoms with Crippen LogP contribution in [0.3, 0.4) is 0 Å². The molecule has 1 aliphatic carbocycles. The molecule has 1 amide bonds. The molecule has 1 unspecified atom stereocenters. The maximum atomic E-state index is 12.9. The van der Waals surface area contributed by atoms with Crippen LogP contribution in [-0.2, 0) is 22.9 Å². The standard InChI is InChI=1S/C22H23N3O4S2/c1-14-7-12-19-20(13-14)30-22(23-19)24-21(26)17-5-3-4-6-18(17)25-31(27,28)16-10-8-15(29-2)9-11-16/h3-6,8-11,14,25H,7,12-13H2,1-2H3,(H,23,24,26). The second-order valence-corrected chi connectivity index (χ2v) is 10.3. The number of aryl methyl sites for hydroxylation is 1. The Hall–Kier alpha value is -2.91. The summed E-state index contributed by atoms with van der Waals surface area (Å²) in [6, 6.07) is 12.5. The molecule has 2 N–H and O–H groups in total. The number of methoxy groups -OCH3 is 1. The zero-order valence-electron chi connectivity index (χ0n) is 17.2. The van der Waals surface area contributed by atoms with Gasteiger partial charge in [-0.25, -0.2) is 13.4 Å². The molecule has 1 heterocycles. The number of ether oxygens (including phenoxy) is 1. The summed E-state index contributed by atoms with van der Waals surface area (Å²) in [5, 5.41) is 3.37. The first-order chi connectivity index (χ1) is 14.9. The van der Waals surface area contributed by atoms with Gasteiger partial charge in [-0.1, -0.05) is 19.1 Å². The van der Waals surface area contributed by atoms with Crippen LogP contribution in [0, 0.1) is 5.92 Å². The number of rotatable bonds is 6. The van der Waals surface area contributed by atoms with Crippen LogP contribution in [0.2, 0.25) is 0 Å². The van der Waals surface area contributed by atoms with Gasteiger partial charge >= 0.3 is 0 Å². The van der Waals surface area contributed by atoms with Gasteiger partial charge in [0.05, 0.1) is 29.0 Å². The van der Waals surface area contributed by atoms with E-state index in [9.17, 15) is 13.2 Å². The quantitative estimate of drug-likeness (QED) is 0.574. The van der Waals surface area contributed by atoms with Crippen LogP contribution in [0.15, 0.2) is 53.4 Å². The monoisotopic (exact) mass is 457 g/mol. The maximum absolute atomic E-state index is 12.9. The molecule has 1 atom stereocenters. The summed E-state index contributed by atoms with van der Waals surface area (Å²) in [6.45, 7) is 2.21. The van der Waals surface area contributed by atoms with Crippen LogP contribution in [-0.4, -0.2) is 26.4 Å². The third-order valence-electron chi connectivity index (χ3n) is 5.19. The summed E-state index contributed by atoms with van der Waals surface area (Å²) in [7, 11) is -2.36. The van der Waals surface area contributed by atoms with Crippen molar-refractivity contribution < 1.29 is 17.9 Å². The summed E-state index contributed by atoms with van der Waals surface area (Å²) in [5.74, 6) is 0.760. The zero-order chi connectivity index (χ0) is 22.0. The summed E-state index contributed by atoms with van der Waals surface area (Å²) in [6.07, 6.45) is 2.99. The van der Waals surface area contributed by atoms with Crippen LogP contribution in [0.1, 0.15) is 34.3 Å². The molecule has 9 heteroatoms. The minimum Gasteiger partial charge on any atom is -0.497 e. The molecule has 0 radical (unpaired) electrons. The van der Waals surface area contributed by atoms with Crippen molar-refractivity contribution in [3.63, 3.8) is 0 Å². The van der Waals surface area contributed by atoms with Gasteiger partial charge in [0.2, 0.25) is 0 Å². The fourth-order valence-corrected chi connectivity index (χ4v) is 5.73. The number of aromatic nitrogens is 1. The number of para-hydroxylation sites is 1. The predicted octanol–water partition coefficient (Wildman–Crippen LogP) is 4.33. The summed E-state index contributed by atoms with van der Waals surface area (Å²) >= 11 is 1.49. The number of hydrogen-bond acceptors (Lipinski definition) is 6. The van der Waals surface area contributed by atoms with Gasteiger partial charge in [0.25, 0.3) is 15.9 Å². The average molecular weight is 458 g/mol. The Balaban J connectivity index is 1.54. The molecule has 0 saturated carbocycles. The van der Waals surface area contributed by atoms with Gasteiger partial charge in [0, 0.05) is 4.88 Å². The lowest BCUT2D eigenvalue weighted by Gasteiger charge is -2.15. The smallest absolute Gasteiger partial charge is 0.261 e. The highest BCUT2D eigenvalue weighted by Crippen LogP contribution is 2.32. The van der Waals surface area contributed by atoms with Crippen molar-refractivity contribution in [2.45, 2.75) is 31.1 Å². The van der Waals surface area contributed by atoms with Gasteiger partial charge in [-0.05, 0) is 61.6 Å². The fourth-order valence-electron chi connectivity index (χ4n) is 3.49. The second kappa shape index (κ2) is 8.68. The van der Waals surface area contributed by atoms with E-state index in [0.717, 1.165) is 25.0 Å². The highest BCUT2D eigenvalue weighted by Gasteiger charge is 2.22. The summed E-state index contributed by atoms with van der Waals surface area (Å²) in [4.78, 5) is 18.8. The number of anilines is 2. The van der Waals surface area contributed by atoms with Crippen molar-refractivity contribution >= 4 is 38.1 Å². The van der Waals surface area contributed by atoms with Crippen LogP contribution >= 0.6 is 11.3 Å². The zero-order valence-corrected chi connectivity index (χ0v) is 18.8. The molecule has 0 saturated heterocycles. The molecule has 0 bridgehead atoms. The van der Waals surface area contributed by atoms with Crippen molar-refractivity contribution in [2.75, 3.05) is 17.1 Å². The Morgan fingerprint density at radius 2 is 1.90 bits per heavy atom. The van der Waals surface area contributed by atoms with Gasteiger partial charge in [0.15, 0.2) is 5.13 Å². The molecule has 4 rings (SSSR count). The highest BCUT2D eigenvalue weighted by atomic mass is 32.2. The Labute approximate surface area is 185 Å². The van der Waals surface area contributed by atoms with E-state index in [1.165, 1.54) is 35.5 Å². The van der Waals surface area contributed by atoms with Gasteiger partial charge in [0.1, 0.15) is 5.75 Å². The molecule has 0 spiro atoms. The van der Waals surface area contributed by atoms with Gasteiger partial charge < -0.3 is 4.74 Å².